The topological polar surface area (TPSA) is 77.8 Å². The lowest BCUT2D eigenvalue weighted by Crippen LogP contribution is -1.95. The molecule has 0 saturated heterocycles. The van der Waals surface area contributed by atoms with Crippen molar-refractivity contribution in [1.29, 1.82) is 0 Å². The Morgan fingerprint density at radius 1 is 1.43 bits per heavy atom. The molecule has 0 aliphatic carbocycles. The maximum Gasteiger partial charge on any atom is 0.335 e. The van der Waals surface area contributed by atoms with E-state index in [1.165, 1.54) is 12.1 Å². The van der Waals surface area contributed by atoms with Crippen LogP contribution in [0.4, 0.5) is 0 Å². The van der Waals surface area contributed by atoms with E-state index in [1.807, 2.05) is 0 Å². The molecule has 3 N–H and O–H groups in total. The van der Waals surface area contributed by atoms with Gasteiger partial charge in [-0.1, -0.05) is 11.8 Å². The van der Waals surface area contributed by atoms with Gasteiger partial charge in [0.25, 0.3) is 0 Å². The monoisotopic (exact) mass is 192 g/mol. The summed E-state index contributed by atoms with van der Waals surface area (Å²) in [6, 6.07) is 3.84. The van der Waals surface area contributed by atoms with Crippen LogP contribution in [-0.4, -0.2) is 27.9 Å². The zero-order chi connectivity index (χ0) is 10.6. The highest BCUT2D eigenvalue weighted by molar-refractivity contribution is 5.88. The van der Waals surface area contributed by atoms with Crippen molar-refractivity contribution in [1.82, 2.24) is 0 Å². The summed E-state index contributed by atoms with van der Waals surface area (Å²) in [4.78, 5) is 10.5. The molecule has 1 aromatic carbocycles. The summed E-state index contributed by atoms with van der Waals surface area (Å²) in [5.74, 6) is 3.53. The van der Waals surface area contributed by atoms with Crippen molar-refractivity contribution in [3.63, 3.8) is 0 Å². The van der Waals surface area contributed by atoms with E-state index in [4.69, 9.17) is 10.2 Å². The fraction of sp³-hybridized carbons (Fsp3) is 0.100. The highest BCUT2D eigenvalue weighted by Crippen LogP contribution is 2.17. The van der Waals surface area contributed by atoms with Gasteiger partial charge in [-0.15, -0.1) is 0 Å². The minimum absolute atomic E-state index is 0.00273. The molecule has 14 heavy (non-hydrogen) atoms. The number of carbonyl (C=O) groups is 1. The molecule has 0 aliphatic rings. The molecule has 0 radical (unpaired) electrons. The average Bonchev–Trinajstić information content (AvgIpc) is 2.15. The van der Waals surface area contributed by atoms with Gasteiger partial charge < -0.3 is 15.3 Å². The third-order valence-electron chi connectivity index (χ3n) is 1.55. The molecular formula is C10H8O4. The fourth-order valence-electron chi connectivity index (χ4n) is 0.905. The molecule has 0 spiro atoms. The number of phenolic OH excluding ortho intramolecular Hbond substituents is 1. The number of aliphatic hydroxyl groups is 1. The van der Waals surface area contributed by atoms with Crippen LogP contribution in [-0.2, 0) is 0 Å². The summed E-state index contributed by atoms with van der Waals surface area (Å²) in [6.07, 6.45) is 0. The molecule has 0 heterocycles. The van der Waals surface area contributed by atoms with Crippen LogP contribution in [0.1, 0.15) is 15.9 Å². The van der Waals surface area contributed by atoms with Gasteiger partial charge in [0.15, 0.2) is 0 Å². The lowest BCUT2D eigenvalue weighted by molar-refractivity contribution is 0.0696. The predicted molar refractivity (Wildman–Crippen MR) is 49.0 cm³/mol. The molecule has 0 unspecified atom stereocenters. The van der Waals surface area contributed by atoms with Gasteiger partial charge in [-0.25, -0.2) is 4.79 Å². The van der Waals surface area contributed by atoms with Gasteiger partial charge in [0.05, 0.1) is 11.1 Å². The van der Waals surface area contributed by atoms with Crippen LogP contribution < -0.4 is 0 Å². The molecule has 0 saturated carbocycles. The molecular weight excluding hydrogens is 184 g/mol. The number of hydrogen-bond acceptors (Lipinski definition) is 3. The minimum Gasteiger partial charge on any atom is -0.507 e. The second-order valence-electron chi connectivity index (χ2n) is 2.50. The van der Waals surface area contributed by atoms with E-state index < -0.39 is 5.97 Å². The van der Waals surface area contributed by atoms with Crippen LogP contribution in [0.3, 0.4) is 0 Å². The number of aromatic hydroxyl groups is 1. The Morgan fingerprint density at radius 2 is 2.14 bits per heavy atom. The first-order valence-electron chi connectivity index (χ1n) is 3.81. The van der Waals surface area contributed by atoms with E-state index in [-0.39, 0.29) is 17.9 Å². The van der Waals surface area contributed by atoms with Crippen molar-refractivity contribution in [2.75, 3.05) is 6.61 Å². The van der Waals surface area contributed by atoms with E-state index in [0.29, 0.717) is 5.56 Å². The maximum atomic E-state index is 10.5. The first kappa shape index (κ1) is 10.1. The summed E-state index contributed by atoms with van der Waals surface area (Å²) >= 11 is 0. The van der Waals surface area contributed by atoms with Crippen molar-refractivity contribution in [2.45, 2.75) is 0 Å². The number of aromatic carboxylic acids is 1. The number of rotatable bonds is 1. The highest BCUT2D eigenvalue weighted by atomic mass is 16.4. The van der Waals surface area contributed by atoms with E-state index in [1.54, 1.807) is 0 Å². The fourth-order valence-corrected chi connectivity index (χ4v) is 0.905. The van der Waals surface area contributed by atoms with Crippen LogP contribution in [0.5, 0.6) is 5.75 Å². The summed E-state index contributed by atoms with van der Waals surface area (Å²) in [6.45, 7) is -0.305. The summed E-state index contributed by atoms with van der Waals surface area (Å²) in [7, 11) is 0. The molecule has 0 aliphatic heterocycles. The second kappa shape index (κ2) is 4.30. The quantitative estimate of drug-likeness (QED) is 0.564. The number of aliphatic hydroxyl groups excluding tert-OH is 1. The minimum atomic E-state index is -1.11. The molecule has 72 valence electrons. The van der Waals surface area contributed by atoms with Crippen LogP contribution >= 0.6 is 0 Å². The SMILES string of the molecule is O=C(O)c1ccc(C#CCO)c(O)c1. The van der Waals surface area contributed by atoms with E-state index in [9.17, 15) is 9.90 Å². The number of carboxylic acids is 1. The Hall–Kier alpha value is -1.99. The van der Waals surface area contributed by atoms with Gasteiger partial charge in [-0.05, 0) is 18.2 Å². The standard InChI is InChI=1S/C10H8O4/c11-5-1-2-7-3-4-8(10(13)14)6-9(7)12/h3-4,6,11-12H,5H2,(H,13,14). The Balaban J connectivity index is 3.07. The maximum absolute atomic E-state index is 10.5. The molecule has 0 amide bonds. The number of benzene rings is 1. The van der Waals surface area contributed by atoms with Gasteiger partial charge >= 0.3 is 5.97 Å². The lowest BCUT2D eigenvalue weighted by atomic mass is 10.1. The Labute approximate surface area is 80.4 Å². The van der Waals surface area contributed by atoms with E-state index >= 15 is 0 Å². The van der Waals surface area contributed by atoms with Crippen molar-refractivity contribution < 1.29 is 20.1 Å². The van der Waals surface area contributed by atoms with Gasteiger partial charge in [0.1, 0.15) is 12.4 Å². The Kier molecular flexibility index (Phi) is 3.10. The van der Waals surface area contributed by atoms with Gasteiger partial charge in [-0.3, -0.25) is 0 Å². The van der Waals surface area contributed by atoms with Gasteiger partial charge in [0.2, 0.25) is 0 Å². The largest absolute Gasteiger partial charge is 0.507 e. The van der Waals surface area contributed by atoms with E-state index in [0.717, 1.165) is 6.07 Å². The molecule has 1 aromatic rings. The normalized spacial score (nSPS) is 8.93. The predicted octanol–water partition coefficient (Wildman–Crippen LogP) is 0.434. The van der Waals surface area contributed by atoms with Gasteiger partial charge in [0, 0.05) is 0 Å². The third-order valence-corrected chi connectivity index (χ3v) is 1.55. The van der Waals surface area contributed by atoms with Crippen LogP contribution in [0.2, 0.25) is 0 Å². The molecule has 0 fully saturated rings. The van der Waals surface area contributed by atoms with Crippen molar-refractivity contribution >= 4 is 5.97 Å². The molecule has 0 aromatic heterocycles. The first-order valence-corrected chi connectivity index (χ1v) is 3.81. The third kappa shape index (κ3) is 2.25. The van der Waals surface area contributed by atoms with E-state index in [2.05, 4.69) is 11.8 Å². The van der Waals surface area contributed by atoms with Crippen molar-refractivity contribution in [3.8, 4) is 17.6 Å². The first-order chi connectivity index (χ1) is 6.65. The zero-order valence-corrected chi connectivity index (χ0v) is 7.19. The molecule has 1 rings (SSSR count). The molecule has 0 bridgehead atoms. The van der Waals surface area contributed by atoms with Crippen molar-refractivity contribution in [3.05, 3.63) is 29.3 Å². The van der Waals surface area contributed by atoms with Crippen LogP contribution in [0.15, 0.2) is 18.2 Å². The summed E-state index contributed by atoms with van der Waals surface area (Å²) in [5, 5.41) is 26.3. The molecule has 4 heteroatoms. The number of hydrogen-bond donors (Lipinski definition) is 3. The molecule has 0 atom stereocenters. The zero-order valence-electron chi connectivity index (χ0n) is 7.19. The Bertz CT molecular complexity index is 412. The van der Waals surface area contributed by atoms with Crippen LogP contribution in [0, 0.1) is 11.8 Å². The smallest absolute Gasteiger partial charge is 0.335 e. The van der Waals surface area contributed by atoms with Crippen LogP contribution in [0.25, 0.3) is 0 Å². The lowest BCUT2D eigenvalue weighted by Gasteiger charge is -1.98. The number of phenols is 1. The second-order valence-corrected chi connectivity index (χ2v) is 2.50. The summed E-state index contributed by atoms with van der Waals surface area (Å²) < 4.78 is 0. The number of carboxylic acid groups (broad SMARTS) is 1. The van der Waals surface area contributed by atoms with Crippen molar-refractivity contribution in [2.24, 2.45) is 0 Å². The summed E-state index contributed by atoms with van der Waals surface area (Å²) in [5.41, 5.74) is 0.293. The Morgan fingerprint density at radius 3 is 2.64 bits per heavy atom. The molecule has 4 nitrogen and oxygen atoms in total. The average molecular weight is 192 g/mol. The highest BCUT2D eigenvalue weighted by Gasteiger charge is 2.05. The van der Waals surface area contributed by atoms with Gasteiger partial charge in [-0.2, -0.15) is 0 Å².